The quantitative estimate of drug-likeness (QED) is 0.622. The van der Waals surface area contributed by atoms with Crippen molar-refractivity contribution in [3.05, 3.63) is 48.6 Å². The third-order valence-corrected chi connectivity index (χ3v) is 4.03. The minimum atomic E-state index is -0.0875. The molecular weight excluding hydrogens is 222 g/mol. The van der Waals surface area contributed by atoms with Gasteiger partial charge in [-0.15, -0.1) is 6.58 Å². The number of benzene rings is 1. The van der Waals surface area contributed by atoms with Gasteiger partial charge in [-0.2, -0.15) is 5.06 Å². The highest BCUT2D eigenvalue weighted by atomic mass is 16.5. The molecule has 1 aliphatic carbocycles. The molecule has 1 aliphatic rings. The molecule has 0 aromatic heterocycles. The van der Waals surface area contributed by atoms with E-state index in [4.69, 9.17) is 0 Å². The van der Waals surface area contributed by atoms with Crippen LogP contribution in [0.25, 0.3) is 0 Å². The molecule has 0 saturated heterocycles. The fourth-order valence-corrected chi connectivity index (χ4v) is 2.97. The highest BCUT2D eigenvalue weighted by Crippen LogP contribution is 2.36. The van der Waals surface area contributed by atoms with Crippen molar-refractivity contribution in [2.24, 2.45) is 0 Å². The minimum Gasteiger partial charge on any atom is -0.313 e. The molecule has 2 heteroatoms. The first-order valence-electron chi connectivity index (χ1n) is 6.88. The van der Waals surface area contributed by atoms with Gasteiger partial charge in [0.25, 0.3) is 0 Å². The minimum absolute atomic E-state index is 0.0875. The van der Waals surface area contributed by atoms with Crippen LogP contribution in [0.1, 0.15) is 44.1 Å². The molecule has 1 saturated carbocycles. The fourth-order valence-electron chi connectivity index (χ4n) is 2.97. The Balaban J connectivity index is 2.08. The van der Waals surface area contributed by atoms with Crippen LogP contribution in [-0.2, 0) is 6.54 Å². The van der Waals surface area contributed by atoms with Crippen LogP contribution in [0.5, 0.6) is 0 Å². The number of nitrogens with zero attached hydrogens (tertiary/aromatic N) is 1. The summed E-state index contributed by atoms with van der Waals surface area (Å²) in [6, 6.07) is 10.2. The summed E-state index contributed by atoms with van der Waals surface area (Å²) in [5.74, 6) is 0. The molecule has 2 rings (SSSR count). The van der Waals surface area contributed by atoms with Crippen molar-refractivity contribution in [1.29, 1.82) is 0 Å². The Morgan fingerprint density at radius 3 is 2.44 bits per heavy atom. The van der Waals surface area contributed by atoms with Crippen LogP contribution < -0.4 is 0 Å². The second-order valence-electron chi connectivity index (χ2n) is 5.32. The normalized spacial score (nSPS) is 18.8. The highest BCUT2D eigenvalue weighted by Gasteiger charge is 2.36. The van der Waals surface area contributed by atoms with Crippen molar-refractivity contribution in [3.8, 4) is 0 Å². The largest absolute Gasteiger partial charge is 0.313 e. The predicted octanol–water partition coefficient (Wildman–Crippen LogP) is 4.16. The van der Waals surface area contributed by atoms with E-state index in [2.05, 4.69) is 18.7 Å². The molecule has 0 aliphatic heterocycles. The van der Waals surface area contributed by atoms with E-state index in [0.717, 1.165) is 24.8 Å². The van der Waals surface area contributed by atoms with E-state index in [0.29, 0.717) is 6.54 Å². The Labute approximate surface area is 110 Å². The van der Waals surface area contributed by atoms with Crippen LogP contribution in [0, 0.1) is 0 Å². The lowest BCUT2D eigenvalue weighted by atomic mass is 9.79. The zero-order valence-electron chi connectivity index (χ0n) is 11.0. The first-order valence-corrected chi connectivity index (χ1v) is 6.88. The Morgan fingerprint density at radius 2 is 1.83 bits per heavy atom. The molecule has 0 unspecified atom stereocenters. The summed E-state index contributed by atoms with van der Waals surface area (Å²) in [6.45, 7) is 4.46. The number of hydrogen-bond acceptors (Lipinski definition) is 2. The summed E-state index contributed by atoms with van der Waals surface area (Å²) < 4.78 is 0. The van der Waals surface area contributed by atoms with Gasteiger partial charge in [-0.25, -0.2) is 0 Å². The van der Waals surface area contributed by atoms with Gasteiger partial charge in [0, 0.05) is 12.1 Å². The second-order valence-corrected chi connectivity index (χ2v) is 5.32. The van der Waals surface area contributed by atoms with Gasteiger partial charge < -0.3 is 5.21 Å². The van der Waals surface area contributed by atoms with E-state index in [1.807, 2.05) is 24.3 Å². The van der Waals surface area contributed by atoms with Crippen LogP contribution in [0.2, 0.25) is 0 Å². The predicted molar refractivity (Wildman–Crippen MR) is 74.4 cm³/mol. The van der Waals surface area contributed by atoms with Crippen molar-refractivity contribution in [3.63, 3.8) is 0 Å². The van der Waals surface area contributed by atoms with E-state index in [-0.39, 0.29) is 5.54 Å². The summed E-state index contributed by atoms with van der Waals surface area (Å²) in [7, 11) is 0. The summed E-state index contributed by atoms with van der Waals surface area (Å²) in [5.41, 5.74) is 1.07. The lowest BCUT2D eigenvalue weighted by Crippen LogP contribution is -2.47. The van der Waals surface area contributed by atoms with Crippen LogP contribution in [0.3, 0.4) is 0 Å². The maximum atomic E-state index is 10.5. The third-order valence-electron chi connectivity index (χ3n) is 4.03. The summed E-state index contributed by atoms with van der Waals surface area (Å²) in [4.78, 5) is 0. The van der Waals surface area contributed by atoms with E-state index in [1.54, 1.807) is 5.06 Å². The first-order chi connectivity index (χ1) is 8.77. The van der Waals surface area contributed by atoms with Crippen molar-refractivity contribution in [1.82, 2.24) is 5.06 Å². The first kappa shape index (κ1) is 13.3. The molecule has 98 valence electrons. The summed E-state index contributed by atoms with van der Waals surface area (Å²) in [5, 5.41) is 12.1. The van der Waals surface area contributed by atoms with Crippen molar-refractivity contribution in [2.75, 3.05) is 0 Å². The smallest absolute Gasteiger partial charge is 0.0498 e. The molecule has 1 aromatic rings. The van der Waals surface area contributed by atoms with Gasteiger partial charge in [0.05, 0.1) is 0 Å². The lowest BCUT2D eigenvalue weighted by molar-refractivity contribution is -0.192. The Hall–Kier alpha value is -1.12. The van der Waals surface area contributed by atoms with Crippen molar-refractivity contribution < 1.29 is 5.21 Å². The van der Waals surface area contributed by atoms with Gasteiger partial charge in [0.15, 0.2) is 0 Å². The molecule has 2 nitrogen and oxygen atoms in total. The summed E-state index contributed by atoms with van der Waals surface area (Å²) >= 11 is 0. The monoisotopic (exact) mass is 245 g/mol. The topological polar surface area (TPSA) is 23.5 Å². The fraction of sp³-hybridized carbons (Fsp3) is 0.500. The molecule has 0 atom stereocenters. The zero-order valence-corrected chi connectivity index (χ0v) is 11.0. The Bertz CT molecular complexity index is 368. The van der Waals surface area contributed by atoms with Gasteiger partial charge in [-0.05, 0) is 24.8 Å². The average Bonchev–Trinajstić information content (AvgIpc) is 2.41. The molecule has 0 amide bonds. The molecule has 0 heterocycles. The van der Waals surface area contributed by atoms with Gasteiger partial charge in [0.2, 0.25) is 0 Å². The van der Waals surface area contributed by atoms with E-state index in [1.165, 1.54) is 19.3 Å². The van der Waals surface area contributed by atoms with E-state index in [9.17, 15) is 5.21 Å². The van der Waals surface area contributed by atoms with Gasteiger partial charge in [-0.1, -0.05) is 55.7 Å². The molecule has 1 aromatic carbocycles. The standard InChI is InChI=1S/C16H23NO/c1-2-11-16(12-7-4-8-13-16)17(18)14-15-9-5-3-6-10-15/h2-3,5-6,9-10,18H,1,4,7-8,11-14H2. The number of rotatable bonds is 5. The van der Waals surface area contributed by atoms with E-state index < -0.39 is 0 Å². The zero-order chi connectivity index (χ0) is 12.8. The van der Waals surface area contributed by atoms with Crippen LogP contribution in [-0.4, -0.2) is 15.8 Å². The SMILES string of the molecule is C=CCC1(N(O)Cc2ccccc2)CCCCC1. The Kier molecular flexibility index (Phi) is 4.56. The van der Waals surface area contributed by atoms with Crippen LogP contribution in [0.4, 0.5) is 0 Å². The van der Waals surface area contributed by atoms with Crippen LogP contribution >= 0.6 is 0 Å². The molecule has 1 N–H and O–H groups in total. The maximum Gasteiger partial charge on any atom is 0.0498 e. The van der Waals surface area contributed by atoms with Gasteiger partial charge in [-0.3, -0.25) is 0 Å². The average molecular weight is 245 g/mol. The Morgan fingerprint density at radius 1 is 1.17 bits per heavy atom. The van der Waals surface area contributed by atoms with Gasteiger partial charge >= 0.3 is 0 Å². The third kappa shape index (κ3) is 3.01. The number of hydroxylamine groups is 2. The molecular formula is C16H23NO. The second kappa shape index (κ2) is 6.17. The maximum absolute atomic E-state index is 10.5. The molecule has 18 heavy (non-hydrogen) atoms. The summed E-state index contributed by atoms with van der Waals surface area (Å²) in [6.07, 6.45) is 8.66. The lowest BCUT2D eigenvalue weighted by Gasteiger charge is -2.42. The number of hydrogen-bond donors (Lipinski definition) is 1. The van der Waals surface area contributed by atoms with Gasteiger partial charge in [0.1, 0.15) is 0 Å². The molecule has 0 spiro atoms. The van der Waals surface area contributed by atoms with Crippen molar-refractivity contribution >= 4 is 0 Å². The van der Waals surface area contributed by atoms with Crippen LogP contribution in [0.15, 0.2) is 43.0 Å². The van der Waals surface area contributed by atoms with Crippen molar-refractivity contribution in [2.45, 2.75) is 50.6 Å². The molecule has 0 radical (unpaired) electrons. The molecule has 1 fully saturated rings. The van der Waals surface area contributed by atoms with E-state index >= 15 is 0 Å². The highest BCUT2D eigenvalue weighted by molar-refractivity contribution is 5.14. The molecule has 0 bridgehead atoms.